The molecule has 134 valence electrons. The second-order valence-electron chi connectivity index (χ2n) is 7.23. The van der Waals surface area contributed by atoms with Crippen LogP contribution in [0.5, 0.6) is 0 Å². The highest BCUT2D eigenvalue weighted by atomic mass is 16.1. The molecule has 0 saturated heterocycles. The fraction of sp³-hybridized carbons (Fsp3) is 0.889. The zero-order valence-electron chi connectivity index (χ0n) is 15.6. The Balaban J connectivity index is 2.39. The Hall–Kier alpha value is -1.26. The third-order valence-electron chi connectivity index (χ3n) is 4.46. The lowest BCUT2D eigenvalue weighted by atomic mass is 9.80. The van der Waals surface area contributed by atoms with E-state index in [9.17, 15) is 4.79 Å². The van der Waals surface area contributed by atoms with Gasteiger partial charge in [-0.2, -0.15) is 0 Å². The van der Waals surface area contributed by atoms with Crippen molar-refractivity contribution in [1.82, 2.24) is 16.0 Å². The quantitative estimate of drug-likeness (QED) is 0.498. The summed E-state index contributed by atoms with van der Waals surface area (Å²) in [5.74, 6) is 2.57. The summed E-state index contributed by atoms with van der Waals surface area (Å²) in [6.45, 7) is 12.0. The average molecular weight is 325 g/mol. The minimum atomic E-state index is 0.0667. The average Bonchev–Trinajstić information content (AvgIpc) is 2.47. The van der Waals surface area contributed by atoms with Crippen molar-refractivity contribution in [2.75, 3.05) is 13.1 Å². The van der Waals surface area contributed by atoms with Gasteiger partial charge in [-0.1, -0.05) is 13.8 Å². The molecule has 0 heterocycles. The molecule has 0 unspecified atom stereocenters. The van der Waals surface area contributed by atoms with Crippen LogP contribution in [0, 0.1) is 11.8 Å². The number of guanidine groups is 1. The van der Waals surface area contributed by atoms with E-state index in [0.29, 0.717) is 19.0 Å². The van der Waals surface area contributed by atoms with Crippen molar-refractivity contribution in [2.24, 2.45) is 16.8 Å². The van der Waals surface area contributed by atoms with Crippen LogP contribution in [0.2, 0.25) is 0 Å². The molecule has 1 aliphatic carbocycles. The van der Waals surface area contributed by atoms with Crippen LogP contribution in [0.1, 0.15) is 66.7 Å². The first-order chi connectivity index (χ1) is 10.9. The fourth-order valence-electron chi connectivity index (χ4n) is 3.11. The molecule has 1 fully saturated rings. The SMILES string of the molecule is CCNC(=NCCC(=O)NC(C)C)NC1CCC(C(C)C)CC1. The first-order valence-electron chi connectivity index (χ1n) is 9.26. The molecule has 0 aromatic rings. The summed E-state index contributed by atoms with van der Waals surface area (Å²) < 4.78 is 0. The van der Waals surface area contributed by atoms with E-state index in [4.69, 9.17) is 0 Å². The molecule has 1 aliphatic rings. The number of amides is 1. The summed E-state index contributed by atoms with van der Waals surface area (Å²) in [5, 5.41) is 9.72. The Morgan fingerprint density at radius 2 is 1.78 bits per heavy atom. The van der Waals surface area contributed by atoms with Gasteiger partial charge in [0, 0.05) is 25.0 Å². The van der Waals surface area contributed by atoms with Gasteiger partial charge in [0.15, 0.2) is 5.96 Å². The van der Waals surface area contributed by atoms with Gasteiger partial charge in [0.1, 0.15) is 0 Å². The van der Waals surface area contributed by atoms with Crippen molar-refractivity contribution in [2.45, 2.75) is 78.8 Å². The van der Waals surface area contributed by atoms with Gasteiger partial charge >= 0.3 is 0 Å². The van der Waals surface area contributed by atoms with Gasteiger partial charge in [-0.15, -0.1) is 0 Å². The van der Waals surface area contributed by atoms with Gasteiger partial charge in [0.25, 0.3) is 0 Å². The Morgan fingerprint density at radius 3 is 2.30 bits per heavy atom. The fourth-order valence-corrected chi connectivity index (χ4v) is 3.11. The van der Waals surface area contributed by atoms with E-state index in [-0.39, 0.29) is 11.9 Å². The van der Waals surface area contributed by atoms with Gasteiger partial charge < -0.3 is 16.0 Å². The second kappa shape index (κ2) is 10.5. The summed E-state index contributed by atoms with van der Waals surface area (Å²) in [4.78, 5) is 16.2. The third kappa shape index (κ3) is 8.24. The number of aliphatic imine (C=N–C) groups is 1. The summed E-state index contributed by atoms with van der Waals surface area (Å²) in [7, 11) is 0. The summed E-state index contributed by atoms with van der Waals surface area (Å²) >= 11 is 0. The number of nitrogens with one attached hydrogen (secondary N) is 3. The number of hydrogen-bond acceptors (Lipinski definition) is 2. The number of carbonyl (C=O) groups excluding carboxylic acids is 1. The zero-order valence-corrected chi connectivity index (χ0v) is 15.6. The molecule has 5 heteroatoms. The van der Waals surface area contributed by atoms with Crippen LogP contribution in [-0.2, 0) is 4.79 Å². The summed E-state index contributed by atoms with van der Waals surface area (Å²) in [6.07, 6.45) is 5.45. The molecule has 3 N–H and O–H groups in total. The van der Waals surface area contributed by atoms with E-state index in [1.165, 1.54) is 25.7 Å². The largest absolute Gasteiger partial charge is 0.357 e. The monoisotopic (exact) mass is 324 g/mol. The van der Waals surface area contributed by atoms with Crippen LogP contribution >= 0.6 is 0 Å². The zero-order chi connectivity index (χ0) is 17.2. The molecule has 0 spiro atoms. The number of rotatable bonds is 7. The molecular formula is C18H36N4O. The topological polar surface area (TPSA) is 65.5 Å². The molecule has 0 radical (unpaired) electrons. The van der Waals surface area contributed by atoms with Gasteiger partial charge in [-0.3, -0.25) is 9.79 Å². The summed E-state index contributed by atoms with van der Waals surface area (Å²) in [6, 6.07) is 0.696. The number of nitrogens with zero attached hydrogens (tertiary/aromatic N) is 1. The van der Waals surface area contributed by atoms with Crippen LogP contribution < -0.4 is 16.0 Å². The van der Waals surface area contributed by atoms with E-state index in [2.05, 4.69) is 41.7 Å². The van der Waals surface area contributed by atoms with Crippen LogP contribution in [0.3, 0.4) is 0 Å². The van der Waals surface area contributed by atoms with Crippen molar-refractivity contribution < 1.29 is 4.79 Å². The molecule has 0 aromatic carbocycles. The molecule has 5 nitrogen and oxygen atoms in total. The Bertz CT molecular complexity index is 371. The first-order valence-corrected chi connectivity index (χ1v) is 9.26. The minimum absolute atomic E-state index is 0.0667. The van der Waals surface area contributed by atoms with Gasteiger partial charge in [-0.05, 0) is 58.3 Å². The molecule has 0 atom stereocenters. The predicted octanol–water partition coefficient (Wildman–Crippen LogP) is 2.67. The van der Waals surface area contributed by atoms with E-state index >= 15 is 0 Å². The molecule has 1 amide bonds. The molecule has 0 aliphatic heterocycles. The maximum Gasteiger partial charge on any atom is 0.222 e. The third-order valence-corrected chi connectivity index (χ3v) is 4.46. The molecule has 1 rings (SSSR count). The minimum Gasteiger partial charge on any atom is -0.357 e. The van der Waals surface area contributed by atoms with Crippen LogP contribution in [0.15, 0.2) is 4.99 Å². The molecule has 0 aromatic heterocycles. The molecular weight excluding hydrogens is 288 g/mol. The van der Waals surface area contributed by atoms with Crippen molar-refractivity contribution in [3.8, 4) is 0 Å². The smallest absolute Gasteiger partial charge is 0.222 e. The Kier molecular flexibility index (Phi) is 9.03. The lowest BCUT2D eigenvalue weighted by Gasteiger charge is -2.32. The lowest BCUT2D eigenvalue weighted by Crippen LogP contribution is -2.45. The maximum atomic E-state index is 11.7. The van der Waals surface area contributed by atoms with Crippen LogP contribution in [-0.4, -0.2) is 37.0 Å². The number of carbonyl (C=O) groups is 1. The Labute approximate surface area is 142 Å². The van der Waals surface area contributed by atoms with Crippen molar-refractivity contribution in [3.63, 3.8) is 0 Å². The van der Waals surface area contributed by atoms with Gasteiger partial charge in [0.2, 0.25) is 5.91 Å². The predicted molar refractivity (Wildman–Crippen MR) is 97.6 cm³/mol. The van der Waals surface area contributed by atoms with Crippen LogP contribution in [0.25, 0.3) is 0 Å². The van der Waals surface area contributed by atoms with Gasteiger partial charge in [-0.25, -0.2) is 0 Å². The van der Waals surface area contributed by atoms with E-state index in [0.717, 1.165) is 24.3 Å². The maximum absolute atomic E-state index is 11.7. The first kappa shape index (κ1) is 19.8. The normalized spacial score (nSPS) is 22.3. The number of hydrogen-bond donors (Lipinski definition) is 3. The highest BCUT2D eigenvalue weighted by Gasteiger charge is 2.23. The standard InChI is InChI=1S/C18H36N4O/c1-6-19-18(20-12-11-17(23)21-14(4)5)22-16-9-7-15(8-10-16)13(2)3/h13-16H,6-12H2,1-5H3,(H,21,23)(H2,19,20,22). The molecule has 1 saturated carbocycles. The van der Waals surface area contributed by atoms with E-state index < -0.39 is 0 Å². The van der Waals surface area contributed by atoms with Crippen molar-refractivity contribution >= 4 is 11.9 Å². The highest BCUT2D eigenvalue weighted by Crippen LogP contribution is 2.29. The Morgan fingerprint density at radius 1 is 1.13 bits per heavy atom. The lowest BCUT2D eigenvalue weighted by molar-refractivity contribution is -0.121. The van der Waals surface area contributed by atoms with Gasteiger partial charge in [0.05, 0.1) is 6.54 Å². The van der Waals surface area contributed by atoms with E-state index in [1.807, 2.05) is 13.8 Å². The van der Waals surface area contributed by atoms with Crippen LogP contribution in [0.4, 0.5) is 0 Å². The molecule has 0 bridgehead atoms. The van der Waals surface area contributed by atoms with Crippen molar-refractivity contribution in [1.29, 1.82) is 0 Å². The van der Waals surface area contributed by atoms with Crippen molar-refractivity contribution in [3.05, 3.63) is 0 Å². The highest BCUT2D eigenvalue weighted by molar-refractivity contribution is 5.81. The molecule has 23 heavy (non-hydrogen) atoms. The summed E-state index contributed by atoms with van der Waals surface area (Å²) in [5.41, 5.74) is 0. The second-order valence-corrected chi connectivity index (χ2v) is 7.23. The van der Waals surface area contributed by atoms with E-state index in [1.54, 1.807) is 0 Å².